The minimum Gasteiger partial charge on any atom is -0.507 e. The Balaban J connectivity index is 1.68. The molecule has 5 rings (SSSR count). The van der Waals surface area contributed by atoms with Gasteiger partial charge in [-0.1, -0.05) is 30.3 Å². The largest absolute Gasteiger partial charge is 0.507 e. The third kappa shape index (κ3) is 1.83. The van der Waals surface area contributed by atoms with Crippen molar-refractivity contribution in [2.45, 2.75) is 31.7 Å². The topological polar surface area (TPSA) is 23.5 Å². The standard InChI is InChI=1S/C20H21NO/c22-18-6-2-4-15-11-17-19-14(3-1-5-16(19)20(15)18)9-10-21(17)12-13-7-8-13/h1-6,13,17,22H,7-12H2. The predicted molar refractivity (Wildman–Crippen MR) is 88.0 cm³/mol. The fourth-order valence-corrected chi connectivity index (χ4v) is 4.40. The van der Waals surface area contributed by atoms with E-state index in [-0.39, 0.29) is 0 Å². The molecule has 1 N–H and O–H groups in total. The van der Waals surface area contributed by atoms with E-state index in [0.717, 1.165) is 24.3 Å². The average Bonchev–Trinajstić information content (AvgIpc) is 3.34. The van der Waals surface area contributed by atoms with Crippen LogP contribution < -0.4 is 0 Å². The number of nitrogens with zero attached hydrogens (tertiary/aromatic N) is 1. The van der Waals surface area contributed by atoms with E-state index in [9.17, 15) is 5.11 Å². The van der Waals surface area contributed by atoms with E-state index >= 15 is 0 Å². The molecule has 2 aliphatic carbocycles. The lowest BCUT2D eigenvalue weighted by Crippen LogP contribution is -2.39. The van der Waals surface area contributed by atoms with E-state index < -0.39 is 0 Å². The van der Waals surface area contributed by atoms with Crippen molar-refractivity contribution in [2.24, 2.45) is 5.92 Å². The molecular weight excluding hydrogens is 270 g/mol. The summed E-state index contributed by atoms with van der Waals surface area (Å²) in [6, 6.07) is 13.1. The third-order valence-electron chi connectivity index (χ3n) is 5.64. The number of aromatic hydroxyl groups is 1. The van der Waals surface area contributed by atoms with Gasteiger partial charge in [0.25, 0.3) is 0 Å². The number of rotatable bonds is 2. The highest BCUT2D eigenvalue weighted by Gasteiger charge is 2.37. The molecule has 2 heteroatoms. The average molecular weight is 291 g/mol. The van der Waals surface area contributed by atoms with Gasteiger partial charge in [-0.25, -0.2) is 0 Å². The van der Waals surface area contributed by atoms with Gasteiger partial charge in [-0.3, -0.25) is 4.90 Å². The van der Waals surface area contributed by atoms with Crippen molar-refractivity contribution in [1.82, 2.24) is 4.90 Å². The summed E-state index contributed by atoms with van der Waals surface area (Å²) < 4.78 is 0. The van der Waals surface area contributed by atoms with E-state index in [2.05, 4.69) is 29.2 Å². The number of fused-ring (bicyclic) bond motifs is 2. The fourth-order valence-electron chi connectivity index (χ4n) is 4.40. The maximum atomic E-state index is 10.4. The molecule has 1 saturated carbocycles. The van der Waals surface area contributed by atoms with Gasteiger partial charge in [0.05, 0.1) is 0 Å². The number of hydrogen-bond acceptors (Lipinski definition) is 2. The molecule has 0 saturated heterocycles. The first-order valence-electron chi connectivity index (χ1n) is 8.48. The summed E-state index contributed by atoms with van der Waals surface area (Å²) in [7, 11) is 0. The lowest BCUT2D eigenvalue weighted by Gasteiger charge is -2.42. The second kappa shape index (κ2) is 4.60. The van der Waals surface area contributed by atoms with Crippen molar-refractivity contribution >= 4 is 0 Å². The van der Waals surface area contributed by atoms with Crippen molar-refractivity contribution < 1.29 is 5.11 Å². The SMILES string of the molecule is Oc1cccc2c1-c1cccc3c1C(C2)N(CC1CC1)CC3. The number of hydrogen-bond donors (Lipinski definition) is 1. The van der Waals surface area contributed by atoms with Crippen LogP contribution in [0.5, 0.6) is 5.75 Å². The van der Waals surface area contributed by atoms with Crippen LogP contribution in [0.1, 0.15) is 35.6 Å². The van der Waals surface area contributed by atoms with Crippen LogP contribution in [0, 0.1) is 5.92 Å². The first-order valence-corrected chi connectivity index (χ1v) is 8.48. The molecule has 1 fully saturated rings. The molecule has 2 aromatic carbocycles. The van der Waals surface area contributed by atoms with Crippen molar-refractivity contribution in [1.29, 1.82) is 0 Å². The van der Waals surface area contributed by atoms with Crippen LogP contribution >= 0.6 is 0 Å². The van der Waals surface area contributed by atoms with Crippen LogP contribution in [-0.2, 0) is 12.8 Å². The Morgan fingerprint density at radius 3 is 2.73 bits per heavy atom. The highest BCUT2D eigenvalue weighted by Crippen LogP contribution is 2.48. The predicted octanol–water partition coefficient (Wildman–Crippen LogP) is 3.92. The maximum Gasteiger partial charge on any atom is 0.123 e. The summed E-state index contributed by atoms with van der Waals surface area (Å²) in [5.41, 5.74) is 6.62. The third-order valence-corrected chi connectivity index (χ3v) is 5.64. The summed E-state index contributed by atoms with van der Waals surface area (Å²) in [4.78, 5) is 2.70. The molecule has 0 aromatic heterocycles. The Labute approximate surface area is 131 Å². The molecule has 2 nitrogen and oxygen atoms in total. The van der Waals surface area contributed by atoms with Crippen LogP contribution in [0.2, 0.25) is 0 Å². The van der Waals surface area contributed by atoms with Crippen LogP contribution in [0.3, 0.4) is 0 Å². The number of benzene rings is 2. The van der Waals surface area contributed by atoms with Crippen molar-refractivity contribution in [3.63, 3.8) is 0 Å². The van der Waals surface area contributed by atoms with Crippen molar-refractivity contribution in [3.05, 3.63) is 53.1 Å². The molecule has 1 aliphatic heterocycles. The fraction of sp³-hybridized carbons (Fsp3) is 0.400. The lowest BCUT2D eigenvalue weighted by molar-refractivity contribution is 0.175. The molecule has 0 spiro atoms. The zero-order valence-corrected chi connectivity index (χ0v) is 12.8. The number of phenolic OH excluding ortho intramolecular Hbond substituents is 1. The Bertz CT molecular complexity index is 747. The van der Waals surface area contributed by atoms with Gasteiger partial charge in [0.15, 0.2) is 0 Å². The van der Waals surface area contributed by atoms with Crippen molar-refractivity contribution in [3.8, 4) is 16.9 Å². The normalized spacial score (nSPS) is 23.0. The molecule has 1 unspecified atom stereocenters. The molecule has 0 amide bonds. The van der Waals surface area contributed by atoms with E-state index in [0.29, 0.717) is 11.8 Å². The summed E-state index contributed by atoms with van der Waals surface area (Å²) in [6.07, 6.45) is 5.01. The Kier molecular flexibility index (Phi) is 2.66. The van der Waals surface area contributed by atoms with Crippen LogP contribution in [0.4, 0.5) is 0 Å². The second-order valence-corrected chi connectivity index (χ2v) is 7.10. The van der Waals surface area contributed by atoms with Gasteiger partial charge in [0, 0.05) is 24.7 Å². The van der Waals surface area contributed by atoms with Gasteiger partial charge in [0.2, 0.25) is 0 Å². The van der Waals surface area contributed by atoms with E-state index in [1.54, 1.807) is 0 Å². The van der Waals surface area contributed by atoms with Gasteiger partial charge in [-0.05, 0) is 59.9 Å². The zero-order valence-electron chi connectivity index (χ0n) is 12.8. The summed E-state index contributed by atoms with van der Waals surface area (Å²) >= 11 is 0. The molecule has 2 aromatic rings. The molecular formula is C20H21NO. The quantitative estimate of drug-likeness (QED) is 0.906. The summed E-state index contributed by atoms with van der Waals surface area (Å²) in [5.74, 6) is 1.36. The Hall–Kier alpha value is -1.80. The molecule has 1 heterocycles. The van der Waals surface area contributed by atoms with Gasteiger partial charge in [-0.15, -0.1) is 0 Å². The van der Waals surface area contributed by atoms with Gasteiger partial charge in [-0.2, -0.15) is 0 Å². The molecule has 112 valence electrons. The Morgan fingerprint density at radius 1 is 1.05 bits per heavy atom. The maximum absolute atomic E-state index is 10.4. The first-order chi connectivity index (χ1) is 10.8. The van der Waals surface area contributed by atoms with Crippen LogP contribution in [-0.4, -0.2) is 23.1 Å². The minimum absolute atomic E-state index is 0.434. The monoisotopic (exact) mass is 291 g/mol. The minimum atomic E-state index is 0.434. The van der Waals surface area contributed by atoms with Gasteiger partial charge in [0.1, 0.15) is 5.75 Å². The first kappa shape index (κ1) is 12.7. The summed E-state index contributed by atoms with van der Waals surface area (Å²) in [6.45, 7) is 2.44. The highest BCUT2D eigenvalue weighted by molar-refractivity contribution is 5.80. The smallest absolute Gasteiger partial charge is 0.123 e. The second-order valence-electron chi connectivity index (χ2n) is 7.10. The molecule has 1 atom stereocenters. The van der Waals surface area contributed by atoms with Crippen LogP contribution in [0.15, 0.2) is 36.4 Å². The van der Waals surface area contributed by atoms with Crippen molar-refractivity contribution in [2.75, 3.05) is 13.1 Å². The number of phenols is 1. The zero-order chi connectivity index (χ0) is 14.7. The molecule has 0 radical (unpaired) electrons. The van der Waals surface area contributed by atoms with Crippen LogP contribution in [0.25, 0.3) is 11.1 Å². The van der Waals surface area contributed by atoms with Gasteiger partial charge >= 0.3 is 0 Å². The highest BCUT2D eigenvalue weighted by atomic mass is 16.3. The molecule has 0 bridgehead atoms. The molecule has 22 heavy (non-hydrogen) atoms. The summed E-state index contributed by atoms with van der Waals surface area (Å²) in [5, 5.41) is 10.4. The van der Waals surface area contributed by atoms with E-state index in [1.165, 1.54) is 48.2 Å². The Morgan fingerprint density at radius 2 is 1.86 bits per heavy atom. The van der Waals surface area contributed by atoms with E-state index in [1.807, 2.05) is 12.1 Å². The lowest BCUT2D eigenvalue weighted by atomic mass is 9.77. The molecule has 3 aliphatic rings. The van der Waals surface area contributed by atoms with E-state index in [4.69, 9.17) is 0 Å². The van der Waals surface area contributed by atoms with Gasteiger partial charge < -0.3 is 5.11 Å².